The zero-order chi connectivity index (χ0) is 22.6. The zero-order valence-electron chi connectivity index (χ0n) is 18.1. The molecule has 0 radical (unpaired) electrons. The van der Waals surface area contributed by atoms with Gasteiger partial charge in [-0.15, -0.1) is 24.0 Å². The van der Waals surface area contributed by atoms with Crippen LogP contribution in [0.3, 0.4) is 0 Å². The second-order valence-corrected chi connectivity index (χ2v) is 7.58. The van der Waals surface area contributed by atoms with Gasteiger partial charge in [0.05, 0.1) is 24.7 Å². The molecule has 0 aliphatic carbocycles. The molecule has 8 nitrogen and oxygen atoms in total. The predicted molar refractivity (Wildman–Crippen MR) is 125 cm³/mol. The van der Waals surface area contributed by atoms with E-state index in [0.29, 0.717) is 17.3 Å². The molecule has 1 amide bonds. The Labute approximate surface area is 201 Å². The van der Waals surface area contributed by atoms with Crippen LogP contribution in [0.2, 0.25) is 0 Å². The van der Waals surface area contributed by atoms with Gasteiger partial charge in [-0.1, -0.05) is 12.1 Å². The standard InChI is InChI=1S/C20H26F3N7O.HI/c1-13-26-18-16(8-5-9-30(18)28-13)27-19(25-12-17(31)29(2)3)24-11-14-6-4-7-15(10-14)20(21,22)23;/h4,6-7,10,16H,5,8-9,11-12H2,1-3H3,(H2,24,25,27);1H. The molecule has 0 fully saturated rings. The maximum Gasteiger partial charge on any atom is 0.416 e. The fourth-order valence-corrected chi connectivity index (χ4v) is 3.26. The highest BCUT2D eigenvalue weighted by molar-refractivity contribution is 14.0. The molecule has 1 aromatic heterocycles. The number of guanidine groups is 1. The topological polar surface area (TPSA) is 87.4 Å². The second-order valence-electron chi connectivity index (χ2n) is 7.58. The van der Waals surface area contributed by atoms with Gasteiger partial charge in [0.15, 0.2) is 5.96 Å². The van der Waals surface area contributed by atoms with Gasteiger partial charge in [0, 0.05) is 20.6 Å². The van der Waals surface area contributed by atoms with Crippen LogP contribution in [0.25, 0.3) is 0 Å². The Morgan fingerprint density at radius 2 is 2.09 bits per heavy atom. The first-order chi connectivity index (χ1) is 14.6. The third-order valence-corrected chi connectivity index (χ3v) is 4.87. The average molecular weight is 565 g/mol. The Kier molecular flexibility index (Phi) is 8.87. The number of nitrogens with zero attached hydrogens (tertiary/aromatic N) is 5. The van der Waals surface area contributed by atoms with E-state index < -0.39 is 11.7 Å². The van der Waals surface area contributed by atoms with Crippen LogP contribution in [0, 0.1) is 6.92 Å². The number of fused-ring (bicyclic) bond motifs is 1. The number of halogens is 4. The van der Waals surface area contributed by atoms with Crippen LogP contribution in [0.5, 0.6) is 0 Å². The lowest BCUT2D eigenvalue weighted by Crippen LogP contribution is -2.45. The summed E-state index contributed by atoms with van der Waals surface area (Å²) in [6, 6.07) is 4.87. The summed E-state index contributed by atoms with van der Waals surface area (Å²) < 4.78 is 40.8. The van der Waals surface area contributed by atoms with Crippen molar-refractivity contribution in [2.45, 2.75) is 45.1 Å². The van der Waals surface area contributed by atoms with Crippen molar-refractivity contribution >= 4 is 35.8 Å². The summed E-state index contributed by atoms with van der Waals surface area (Å²) in [5.41, 5.74) is -0.307. The summed E-state index contributed by atoms with van der Waals surface area (Å²) in [6.07, 6.45) is -2.73. The quantitative estimate of drug-likeness (QED) is 0.331. The Hall–Kier alpha value is -2.38. The van der Waals surface area contributed by atoms with E-state index in [0.717, 1.165) is 37.3 Å². The SMILES string of the molecule is Cc1nc2n(n1)CCCC2NC(=NCc1cccc(C(F)(F)F)c1)NCC(=O)N(C)C.I. The minimum Gasteiger partial charge on any atom is -0.347 e. The Bertz CT molecular complexity index is 959. The third kappa shape index (κ3) is 6.81. The van der Waals surface area contributed by atoms with Crippen LogP contribution in [0.4, 0.5) is 13.2 Å². The average Bonchev–Trinajstić information content (AvgIpc) is 3.10. The Balaban J connectivity index is 0.00000363. The van der Waals surface area contributed by atoms with Crippen molar-refractivity contribution in [2.24, 2.45) is 4.99 Å². The monoisotopic (exact) mass is 565 g/mol. The van der Waals surface area contributed by atoms with Gasteiger partial charge in [0.25, 0.3) is 0 Å². The van der Waals surface area contributed by atoms with Crippen LogP contribution >= 0.6 is 24.0 Å². The van der Waals surface area contributed by atoms with Gasteiger partial charge in [-0.3, -0.25) is 4.79 Å². The maximum atomic E-state index is 13.0. The number of hydrogen-bond acceptors (Lipinski definition) is 4. The first-order valence-electron chi connectivity index (χ1n) is 9.96. The molecule has 32 heavy (non-hydrogen) atoms. The number of aliphatic imine (C=N–C) groups is 1. The van der Waals surface area contributed by atoms with E-state index in [1.54, 1.807) is 20.2 Å². The van der Waals surface area contributed by atoms with E-state index in [1.807, 2.05) is 11.6 Å². The summed E-state index contributed by atoms with van der Waals surface area (Å²) in [5, 5.41) is 10.6. The number of rotatable bonds is 5. The van der Waals surface area contributed by atoms with Crippen molar-refractivity contribution < 1.29 is 18.0 Å². The number of benzene rings is 1. The lowest BCUT2D eigenvalue weighted by molar-refractivity contribution is -0.137. The van der Waals surface area contributed by atoms with Gasteiger partial charge >= 0.3 is 6.18 Å². The third-order valence-electron chi connectivity index (χ3n) is 4.87. The largest absolute Gasteiger partial charge is 0.416 e. The normalized spacial score (nSPS) is 16.1. The lowest BCUT2D eigenvalue weighted by Gasteiger charge is -2.25. The van der Waals surface area contributed by atoms with Gasteiger partial charge in [-0.05, 0) is 37.5 Å². The predicted octanol–water partition coefficient (Wildman–Crippen LogP) is 2.88. The summed E-state index contributed by atoms with van der Waals surface area (Å²) in [7, 11) is 3.28. The van der Waals surface area contributed by atoms with Gasteiger partial charge in [0.1, 0.15) is 11.6 Å². The number of hydrogen-bond donors (Lipinski definition) is 2. The minimum absolute atomic E-state index is 0. The number of likely N-dealkylation sites (N-methyl/N-ethyl adjacent to an activating group) is 1. The highest BCUT2D eigenvalue weighted by Gasteiger charge is 2.30. The van der Waals surface area contributed by atoms with Crippen molar-refractivity contribution in [1.29, 1.82) is 0 Å². The number of aryl methyl sites for hydroxylation is 2. The molecule has 2 heterocycles. The number of carbonyl (C=O) groups excluding carboxylic acids is 1. The molecular weight excluding hydrogens is 538 g/mol. The van der Waals surface area contributed by atoms with E-state index >= 15 is 0 Å². The molecule has 1 aliphatic heterocycles. The molecule has 0 bridgehead atoms. The first kappa shape index (κ1) is 25.9. The fraction of sp³-hybridized carbons (Fsp3) is 0.500. The first-order valence-corrected chi connectivity index (χ1v) is 9.96. The minimum atomic E-state index is -4.42. The smallest absolute Gasteiger partial charge is 0.347 e. The summed E-state index contributed by atoms with van der Waals surface area (Å²) in [5.74, 6) is 1.61. The highest BCUT2D eigenvalue weighted by Crippen LogP contribution is 2.29. The molecular formula is C20H27F3IN7O. The van der Waals surface area contributed by atoms with Gasteiger partial charge in [-0.2, -0.15) is 18.3 Å². The van der Waals surface area contributed by atoms with Crippen molar-refractivity contribution in [3.8, 4) is 0 Å². The molecule has 3 rings (SSSR count). The van der Waals surface area contributed by atoms with Crippen molar-refractivity contribution in [2.75, 3.05) is 20.6 Å². The van der Waals surface area contributed by atoms with E-state index in [2.05, 4.69) is 25.7 Å². The van der Waals surface area contributed by atoms with Crippen LogP contribution in [0.15, 0.2) is 29.3 Å². The number of alkyl halides is 3. The van der Waals surface area contributed by atoms with Crippen molar-refractivity contribution in [3.05, 3.63) is 47.0 Å². The maximum absolute atomic E-state index is 13.0. The number of carbonyl (C=O) groups is 1. The van der Waals surface area contributed by atoms with Gasteiger partial charge in [-0.25, -0.2) is 14.7 Å². The molecule has 1 aromatic carbocycles. The number of aromatic nitrogens is 3. The van der Waals surface area contributed by atoms with Crippen LogP contribution in [-0.2, 0) is 24.1 Å². The number of amides is 1. The lowest BCUT2D eigenvalue weighted by atomic mass is 10.1. The summed E-state index contributed by atoms with van der Waals surface area (Å²) >= 11 is 0. The van der Waals surface area contributed by atoms with Crippen molar-refractivity contribution in [1.82, 2.24) is 30.3 Å². The zero-order valence-corrected chi connectivity index (χ0v) is 20.4. The highest BCUT2D eigenvalue weighted by atomic mass is 127. The van der Waals surface area contributed by atoms with Gasteiger partial charge < -0.3 is 15.5 Å². The molecule has 2 aromatic rings. The molecule has 176 valence electrons. The fourth-order valence-electron chi connectivity index (χ4n) is 3.26. The summed E-state index contributed by atoms with van der Waals surface area (Å²) in [6.45, 7) is 2.62. The van der Waals surface area contributed by atoms with E-state index in [1.165, 1.54) is 11.0 Å². The molecule has 0 spiro atoms. The molecule has 12 heteroatoms. The van der Waals surface area contributed by atoms with Gasteiger partial charge in [0.2, 0.25) is 5.91 Å². The molecule has 1 atom stereocenters. The Morgan fingerprint density at radius 3 is 2.78 bits per heavy atom. The molecule has 1 aliphatic rings. The van der Waals surface area contributed by atoms with E-state index in [4.69, 9.17) is 0 Å². The van der Waals surface area contributed by atoms with Crippen LogP contribution < -0.4 is 10.6 Å². The molecule has 0 saturated carbocycles. The molecule has 2 N–H and O–H groups in total. The molecule has 1 unspecified atom stereocenters. The second kappa shape index (κ2) is 11.0. The Morgan fingerprint density at radius 1 is 1.34 bits per heavy atom. The van der Waals surface area contributed by atoms with Crippen LogP contribution in [-0.4, -0.2) is 52.2 Å². The summed E-state index contributed by atoms with van der Waals surface area (Å²) in [4.78, 5) is 22.3. The number of nitrogens with one attached hydrogen (secondary N) is 2. The van der Waals surface area contributed by atoms with Crippen molar-refractivity contribution in [3.63, 3.8) is 0 Å². The van der Waals surface area contributed by atoms with E-state index in [9.17, 15) is 18.0 Å². The van der Waals surface area contributed by atoms with Crippen LogP contribution in [0.1, 0.15) is 41.7 Å². The molecule has 0 saturated heterocycles. The van der Waals surface area contributed by atoms with E-state index in [-0.39, 0.29) is 49.0 Å².